The first-order chi connectivity index (χ1) is 9.63. The minimum atomic E-state index is -0.664. The minimum Gasteiger partial charge on any atom is -0.395 e. The van der Waals surface area contributed by atoms with Gasteiger partial charge in [-0.25, -0.2) is 0 Å². The van der Waals surface area contributed by atoms with Gasteiger partial charge in [0.2, 0.25) is 0 Å². The molecule has 0 aliphatic carbocycles. The number of aliphatic hydroxyl groups excluding tert-OH is 2. The molecule has 1 aromatic rings. The average Bonchev–Trinajstić information content (AvgIpc) is 2.48. The number of nitrogens with zero attached hydrogens (tertiary/aromatic N) is 1. The standard InChI is InChI=1S/C14H19Cl2NO3/c15-12-3-1-2-11(14(12)16)13(19)4-5-17-6-7-20-9-10(17)8-18/h1-3,10,13,18-19H,4-9H2. The van der Waals surface area contributed by atoms with Crippen molar-refractivity contribution >= 4 is 23.2 Å². The van der Waals surface area contributed by atoms with E-state index >= 15 is 0 Å². The fraction of sp³-hybridized carbons (Fsp3) is 0.571. The van der Waals surface area contributed by atoms with E-state index in [1.807, 2.05) is 0 Å². The molecule has 1 aromatic carbocycles. The summed E-state index contributed by atoms with van der Waals surface area (Å²) in [6.45, 7) is 2.70. The highest BCUT2D eigenvalue weighted by Crippen LogP contribution is 2.31. The van der Waals surface area contributed by atoms with E-state index in [1.165, 1.54) is 0 Å². The van der Waals surface area contributed by atoms with E-state index in [4.69, 9.17) is 27.9 Å². The SMILES string of the molecule is OCC1COCCN1CCC(O)c1cccc(Cl)c1Cl. The highest BCUT2D eigenvalue weighted by Gasteiger charge is 2.23. The van der Waals surface area contributed by atoms with Crippen LogP contribution in [0.25, 0.3) is 0 Å². The Hall–Kier alpha value is -0.360. The van der Waals surface area contributed by atoms with Crippen LogP contribution in [-0.2, 0) is 4.74 Å². The van der Waals surface area contributed by atoms with Crippen LogP contribution in [0.3, 0.4) is 0 Å². The summed E-state index contributed by atoms with van der Waals surface area (Å²) in [5, 5.41) is 20.4. The molecule has 0 spiro atoms. The van der Waals surface area contributed by atoms with Crippen LogP contribution in [0, 0.1) is 0 Å². The molecule has 1 aliphatic heterocycles. The van der Waals surface area contributed by atoms with Gasteiger partial charge in [-0.3, -0.25) is 4.90 Å². The van der Waals surface area contributed by atoms with Gasteiger partial charge in [-0.2, -0.15) is 0 Å². The molecule has 6 heteroatoms. The maximum Gasteiger partial charge on any atom is 0.0817 e. The fourth-order valence-corrected chi connectivity index (χ4v) is 2.81. The van der Waals surface area contributed by atoms with Gasteiger partial charge >= 0.3 is 0 Å². The van der Waals surface area contributed by atoms with E-state index in [1.54, 1.807) is 18.2 Å². The van der Waals surface area contributed by atoms with Crippen molar-refractivity contribution in [2.45, 2.75) is 18.6 Å². The topological polar surface area (TPSA) is 52.9 Å². The van der Waals surface area contributed by atoms with Gasteiger partial charge in [-0.1, -0.05) is 35.3 Å². The molecule has 0 radical (unpaired) electrons. The third-order valence-electron chi connectivity index (χ3n) is 3.59. The molecule has 1 heterocycles. The molecule has 0 bridgehead atoms. The first-order valence-electron chi connectivity index (χ1n) is 6.68. The molecule has 2 unspecified atom stereocenters. The second kappa shape index (κ2) is 7.59. The van der Waals surface area contributed by atoms with Crippen molar-refractivity contribution in [3.8, 4) is 0 Å². The second-order valence-electron chi connectivity index (χ2n) is 4.89. The zero-order valence-corrected chi connectivity index (χ0v) is 12.6. The number of halogens is 2. The van der Waals surface area contributed by atoms with Gasteiger partial charge in [0.15, 0.2) is 0 Å². The van der Waals surface area contributed by atoms with Gasteiger partial charge in [0, 0.05) is 18.7 Å². The molecular formula is C14H19Cl2NO3. The lowest BCUT2D eigenvalue weighted by Crippen LogP contribution is -2.48. The molecule has 1 saturated heterocycles. The lowest BCUT2D eigenvalue weighted by atomic mass is 10.1. The number of ether oxygens (including phenoxy) is 1. The Morgan fingerprint density at radius 3 is 2.95 bits per heavy atom. The Labute approximate surface area is 128 Å². The Bertz CT molecular complexity index is 444. The van der Waals surface area contributed by atoms with Crippen molar-refractivity contribution < 1.29 is 14.9 Å². The number of aliphatic hydroxyl groups is 2. The van der Waals surface area contributed by atoms with E-state index < -0.39 is 6.10 Å². The van der Waals surface area contributed by atoms with Crippen LogP contribution in [-0.4, -0.2) is 54.1 Å². The molecular weight excluding hydrogens is 301 g/mol. The minimum absolute atomic E-state index is 0.00535. The maximum atomic E-state index is 10.3. The van der Waals surface area contributed by atoms with Crippen molar-refractivity contribution in [1.82, 2.24) is 4.90 Å². The summed E-state index contributed by atoms with van der Waals surface area (Å²) < 4.78 is 5.33. The van der Waals surface area contributed by atoms with Gasteiger partial charge in [0.05, 0.1) is 42.0 Å². The summed E-state index contributed by atoms with van der Waals surface area (Å²) in [6, 6.07) is 5.26. The van der Waals surface area contributed by atoms with E-state index in [-0.39, 0.29) is 12.6 Å². The second-order valence-corrected chi connectivity index (χ2v) is 5.68. The van der Waals surface area contributed by atoms with Crippen LogP contribution in [0.5, 0.6) is 0 Å². The van der Waals surface area contributed by atoms with E-state index in [0.29, 0.717) is 41.8 Å². The third-order valence-corrected chi connectivity index (χ3v) is 4.42. The molecule has 1 fully saturated rings. The lowest BCUT2D eigenvalue weighted by Gasteiger charge is -2.34. The smallest absolute Gasteiger partial charge is 0.0817 e. The Kier molecular flexibility index (Phi) is 6.08. The largest absolute Gasteiger partial charge is 0.395 e. The van der Waals surface area contributed by atoms with Crippen LogP contribution in [0.4, 0.5) is 0 Å². The molecule has 4 nitrogen and oxygen atoms in total. The quantitative estimate of drug-likeness (QED) is 0.872. The van der Waals surface area contributed by atoms with Gasteiger partial charge in [-0.05, 0) is 12.5 Å². The molecule has 2 atom stereocenters. The number of benzene rings is 1. The molecule has 1 aliphatic rings. The molecule has 0 saturated carbocycles. The zero-order valence-electron chi connectivity index (χ0n) is 11.1. The molecule has 0 amide bonds. The number of morpholine rings is 1. The summed E-state index contributed by atoms with van der Waals surface area (Å²) in [5.41, 5.74) is 0.646. The monoisotopic (exact) mass is 319 g/mol. The third kappa shape index (κ3) is 3.85. The first kappa shape index (κ1) is 16.0. The predicted octanol–water partition coefficient (Wildman–Crippen LogP) is 2.11. The predicted molar refractivity (Wildman–Crippen MR) is 79.3 cm³/mol. The first-order valence-corrected chi connectivity index (χ1v) is 7.43. The van der Waals surface area contributed by atoms with Gasteiger partial charge in [-0.15, -0.1) is 0 Å². The van der Waals surface area contributed by atoms with Gasteiger partial charge < -0.3 is 14.9 Å². The van der Waals surface area contributed by atoms with Gasteiger partial charge in [0.25, 0.3) is 0 Å². The Balaban J connectivity index is 1.94. The zero-order chi connectivity index (χ0) is 14.5. The summed E-state index contributed by atoms with van der Waals surface area (Å²) in [4.78, 5) is 2.13. The van der Waals surface area contributed by atoms with Gasteiger partial charge in [0.1, 0.15) is 0 Å². The molecule has 0 aromatic heterocycles. The summed E-state index contributed by atoms with van der Waals surface area (Å²) in [5.74, 6) is 0. The number of hydrogen-bond acceptors (Lipinski definition) is 4. The van der Waals surface area contributed by atoms with Crippen molar-refractivity contribution in [1.29, 1.82) is 0 Å². The van der Waals surface area contributed by atoms with Crippen LogP contribution >= 0.6 is 23.2 Å². The summed E-state index contributed by atoms with van der Waals surface area (Å²) >= 11 is 12.0. The van der Waals surface area contributed by atoms with E-state index in [2.05, 4.69) is 4.90 Å². The van der Waals surface area contributed by atoms with Crippen LogP contribution in [0.1, 0.15) is 18.1 Å². The molecule has 2 rings (SSSR count). The van der Waals surface area contributed by atoms with Crippen molar-refractivity contribution in [2.75, 3.05) is 32.9 Å². The fourth-order valence-electron chi connectivity index (χ4n) is 2.37. The van der Waals surface area contributed by atoms with Crippen molar-refractivity contribution in [3.05, 3.63) is 33.8 Å². The van der Waals surface area contributed by atoms with Crippen LogP contribution < -0.4 is 0 Å². The van der Waals surface area contributed by atoms with E-state index in [9.17, 15) is 10.2 Å². The Morgan fingerprint density at radius 1 is 1.40 bits per heavy atom. The summed E-state index contributed by atoms with van der Waals surface area (Å²) in [6.07, 6.45) is -0.125. The molecule has 2 N–H and O–H groups in total. The molecule has 20 heavy (non-hydrogen) atoms. The number of rotatable bonds is 5. The maximum absolute atomic E-state index is 10.3. The average molecular weight is 320 g/mol. The van der Waals surface area contributed by atoms with E-state index in [0.717, 1.165) is 6.54 Å². The lowest BCUT2D eigenvalue weighted by molar-refractivity contribution is -0.0321. The van der Waals surface area contributed by atoms with Crippen LogP contribution in [0.15, 0.2) is 18.2 Å². The normalized spacial score (nSPS) is 21.9. The van der Waals surface area contributed by atoms with Crippen molar-refractivity contribution in [3.63, 3.8) is 0 Å². The highest BCUT2D eigenvalue weighted by atomic mass is 35.5. The number of hydrogen-bond donors (Lipinski definition) is 2. The summed E-state index contributed by atoms with van der Waals surface area (Å²) in [7, 11) is 0. The van der Waals surface area contributed by atoms with Crippen molar-refractivity contribution in [2.24, 2.45) is 0 Å². The van der Waals surface area contributed by atoms with Crippen LogP contribution in [0.2, 0.25) is 10.0 Å². The molecule has 112 valence electrons. The Morgan fingerprint density at radius 2 is 2.20 bits per heavy atom. The highest BCUT2D eigenvalue weighted by molar-refractivity contribution is 6.42.